The second kappa shape index (κ2) is 9.76. The number of aryl methyl sites for hydroxylation is 2. The number of unbranched alkanes of at least 4 members (excludes halogenated alkanes) is 7. The summed E-state index contributed by atoms with van der Waals surface area (Å²) in [5.41, 5.74) is 1.97. The molecule has 0 radical (unpaired) electrons. The summed E-state index contributed by atoms with van der Waals surface area (Å²) >= 11 is 0. The van der Waals surface area contributed by atoms with Gasteiger partial charge in [0.2, 0.25) is 0 Å². The molecule has 0 atom stereocenters. The van der Waals surface area contributed by atoms with Crippen molar-refractivity contribution in [2.45, 2.75) is 72.1 Å². The number of hydrogen-bond donors (Lipinski definition) is 1. The maximum absolute atomic E-state index is 4.47. The van der Waals surface area contributed by atoms with E-state index in [0.717, 1.165) is 23.8 Å². The lowest BCUT2D eigenvalue weighted by atomic mass is 10.1. The van der Waals surface area contributed by atoms with Crippen LogP contribution in [0.3, 0.4) is 0 Å². The average molecular weight is 263 g/mol. The minimum atomic E-state index is 0.947. The molecule has 3 heteroatoms. The molecule has 0 amide bonds. The minimum absolute atomic E-state index is 0.947. The number of aromatic nitrogens is 2. The molecule has 108 valence electrons. The van der Waals surface area contributed by atoms with E-state index in [-0.39, 0.29) is 0 Å². The lowest BCUT2D eigenvalue weighted by molar-refractivity contribution is 0.581. The topological polar surface area (TPSA) is 37.8 Å². The van der Waals surface area contributed by atoms with Gasteiger partial charge in [-0.2, -0.15) is 0 Å². The van der Waals surface area contributed by atoms with E-state index in [1.54, 1.807) is 0 Å². The first-order valence-corrected chi connectivity index (χ1v) is 7.78. The van der Waals surface area contributed by atoms with E-state index < -0.39 is 0 Å². The summed E-state index contributed by atoms with van der Waals surface area (Å²) in [7, 11) is 0. The molecule has 19 heavy (non-hydrogen) atoms. The Labute approximate surface area is 118 Å². The van der Waals surface area contributed by atoms with Crippen LogP contribution >= 0.6 is 0 Å². The van der Waals surface area contributed by atoms with Crippen LogP contribution in [0.1, 0.15) is 69.7 Å². The Morgan fingerprint density at radius 3 is 2.26 bits per heavy atom. The average Bonchev–Trinajstić information content (AvgIpc) is 2.40. The summed E-state index contributed by atoms with van der Waals surface area (Å²) in [5.74, 6) is 0.947. The summed E-state index contributed by atoms with van der Waals surface area (Å²) in [4.78, 5) is 8.78. The quantitative estimate of drug-likeness (QED) is 0.625. The summed E-state index contributed by atoms with van der Waals surface area (Å²) in [6, 6.07) is 0. The van der Waals surface area contributed by atoms with E-state index in [2.05, 4.69) is 22.2 Å². The maximum Gasteiger partial charge on any atom is 0.147 e. The van der Waals surface area contributed by atoms with Gasteiger partial charge in [-0.15, -0.1) is 0 Å². The maximum atomic E-state index is 4.47. The molecule has 0 unspecified atom stereocenters. The largest absolute Gasteiger partial charge is 0.369 e. The first kappa shape index (κ1) is 15.9. The van der Waals surface area contributed by atoms with Crippen LogP contribution in [0.4, 0.5) is 5.82 Å². The van der Waals surface area contributed by atoms with Crippen molar-refractivity contribution < 1.29 is 0 Å². The van der Waals surface area contributed by atoms with E-state index in [1.165, 1.54) is 51.4 Å². The number of nitrogens with zero attached hydrogens (tertiary/aromatic N) is 2. The van der Waals surface area contributed by atoms with Crippen molar-refractivity contribution in [1.82, 2.24) is 9.97 Å². The van der Waals surface area contributed by atoms with Crippen molar-refractivity contribution in [3.05, 3.63) is 17.6 Å². The van der Waals surface area contributed by atoms with Gasteiger partial charge >= 0.3 is 0 Å². The molecule has 1 rings (SSSR count). The van der Waals surface area contributed by atoms with Crippen LogP contribution in [0.2, 0.25) is 0 Å². The van der Waals surface area contributed by atoms with Crippen LogP contribution in [0, 0.1) is 13.8 Å². The van der Waals surface area contributed by atoms with Crippen molar-refractivity contribution >= 4 is 5.82 Å². The van der Waals surface area contributed by atoms with E-state index in [4.69, 9.17) is 0 Å². The highest BCUT2D eigenvalue weighted by Gasteiger charge is 2.00. The number of hydrogen-bond acceptors (Lipinski definition) is 3. The monoisotopic (exact) mass is 263 g/mol. The fraction of sp³-hybridized carbons (Fsp3) is 0.750. The van der Waals surface area contributed by atoms with Crippen LogP contribution in [-0.4, -0.2) is 16.5 Å². The molecule has 0 saturated heterocycles. The zero-order valence-electron chi connectivity index (χ0n) is 12.8. The highest BCUT2D eigenvalue weighted by Crippen LogP contribution is 2.11. The third-order valence-electron chi connectivity index (χ3n) is 3.40. The number of nitrogens with one attached hydrogen (secondary N) is 1. The first-order chi connectivity index (χ1) is 9.24. The van der Waals surface area contributed by atoms with Crippen molar-refractivity contribution in [2.24, 2.45) is 0 Å². The molecule has 1 aromatic rings. The molecule has 0 bridgehead atoms. The SMILES string of the molecule is CCCCCCCCCCNc1nc(C)cnc1C. The van der Waals surface area contributed by atoms with E-state index in [0.29, 0.717) is 0 Å². The number of anilines is 1. The summed E-state index contributed by atoms with van der Waals surface area (Å²) < 4.78 is 0. The Hall–Kier alpha value is -1.12. The zero-order valence-corrected chi connectivity index (χ0v) is 12.8. The van der Waals surface area contributed by atoms with Gasteiger partial charge in [-0.05, 0) is 20.3 Å². The zero-order chi connectivity index (χ0) is 13.9. The third-order valence-corrected chi connectivity index (χ3v) is 3.40. The molecule has 0 spiro atoms. The molecule has 1 heterocycles. The summed E-state index contributed by atoms with van der Waals surface area (Å²) in [6.07, 6.45) is 12.7. The second-order valence-electron chi connectivity index (χ2n) is 5.35. The molecule has 1 aromatic heterocycles. The summed E-state index contributed by atoms with van der Waals surface area (Å²) in [5, 5.41) is 3.39. The van der Waals surface area contributed by atoms with Gasteiger partial charge in [0.1, 0.15) is 5.82 Å². The van der Waals surface area contributed by atoms with E-state index in [1.807, 2.05) is 20.0 Å². The fourth-order valence-electron chi connectivity index (χ4n) is 2.17. The van der Waals surface area contributed by atoms with Gasteiger partial charge < -0.3 is 5.32 Å². The Bertz CT molecular complexity index is 350. The Morgan fingerprint density at radius 1 is 0.947 bits per heavy atom. The van der Waals surface area contributed by atoms with Gasteiger partial charge in [-0.25, -0.2) is 4.98 Å². The molecule has 0 aliphatic heterocycles. The van der Waals surface area contributed by atoms with Gasteiger partial charge in [-0.3, -0.25) is 4.98 Å². The molecular weight excluding hydrogens is 234 g/mol. The van der Waals surface area contributed by atoms with E-state index >= 15 is 0 Å². The minimum Gasteiger partial charge on any atom is -0.369 e. The van der Waals surface area contributed by atoms with Crippen LogP contribution < -0.4 is 5.32 Å². The van der Waals surface area contributed by atoms with Crippen LogP contribution in [-0.2, 0) is 0 Å². The van der Waals surface area contributed by atoms with E-state index in [9.17, 15) is 0 Å². The Morgan fingerprint density at radius 2 is 1.58 bits per heavy atom. The molecule has 0 aliphatic carbocycles. The standard InChI is InChI=1S/C16H29N3/c1-4-5-6-7-8-9-10-11-12-17-16-15(3)18-13-14(2)19-16/h13H,4-12H2,1-3H3,(H,17,19). The Kier molecular flexibility index (Phi) is 8.19. The smallest absolute Gasteiger partial charge is 0.147 e. The van der Waals surface area contributed by atoms with Crippen LogP contribution in [0.15, 0.2) is 6.20 Å². The highest BCUT2D eigenvalue weighted by molar-refractivity contribution is 5.39. The van der Waals surface area contributed by atoms with Crippen molar-refractivity contribution in [3.8, 4) is 0 Å². The van der Waals surface area contributed by atoms with Gasteiger partial charge in [0.05, 0.1) is 11.4 Å². The molecule has 0 aromatic carbocycles. The second-order valence-corrected chi connectivity index (χ2v) is 5.35. The molecule has 0 saturated carbocycles. The predicted molar refractivity (Wildman–Crippen MR) is 82.6 cm³/mol. The lowest BCUT2D eigenvalue weighted by Gasteiger charge is -2.08. The van der Waals surface area contributed by atoms with Crippen LogP contribution in [0.5, 0.6) is 0 Å². The molecule has 1 N–H and O–H groups in total. The predicted octanol–water partition coefficient (Wildman–Crippen LogP) is 4.65. The third kappa shape index (κ3) is 7.14. The number of rotatable bonds is 10. The normalized spacial score (nSPS) is 10.7. The van der Waals surface area contributed by atoms with Crippen LogP contribution in [0.25, 0.3) is 0 Å². The lowest BCUT2D eigenvalue weighted by Crippen LogP contribution is -2.06. The van der Waals surface area contributed by atoms with Gasteiger partial charge in [0.25, 0.3) is 0 Å². The molecule has 0 fully saturated rings. The Balaban J connectivity index is 2.03. The highest BCUT2D eigenvalue weighted by atomic mass is 15.0. The fourth-order valence-corrected chi connectivity index (χ4v) is 2.17. The van der Waals surface area contributed by atoms with Crippen molar-refractivity contribution in [1.29, 1.82) is 0 Å². The molecular formula is C16H29N3. The van der Waals surface area contributed by atoms with Crippen molar-refractivity contribution in [2.75, 3.05) is 11.9 Å². The van der Waals surface area contributed by atoms with Crippen molar-refractivity contribution in [3.63, 3.8) is 0 Å². The van der Waals surface area contributed by atoms with Gasteiger partial charge in [-0.1, -0.05) is 51.9 Å². The van der Waals surface area contributed by atoms with Gasteiger partial charge in [0.15, 0.2) is 0 Å². The molecule has 0 aliphatic rings. The molecule has 3 nitrogen and oxygen atoms in total. The van der Waals surface area contributed by atoms with Gasteiger partial charge in [0, 0.05) is 12.7 Å². The summed E-state index contributed by atoms with van der Waals surface area (Å²) in [6.45, 7) is 7.26. The first-order valence-electron chi connectivity index (χ1n) is 7.78.